The molecule has 0 radical (unpaired) electrons. The SMILES string of the molecule is C=CC[C@@H](CC)NC(=O)N[C@H]1CC[C@@H](C(=O)N2CCCCC2)C1. The Balaban J connectivity index is 1.75. The third-order valence-corrected chi connectivity index (χ3v) is 5.06. The first kappa shape index (κ1) is 17.8. The van der Waals surface area contributed by atoms with E-state index in [4.69, 9.17) is 0 Å². The zero-order valence-corrected chi connectivity index (χ0v) is 14.4. The lowest BCUT2D eigenvalue weighted by Gasteiger charge is -2.29. The molecular weight excluding hydrogens is 290 g/mol. The fourth-order valence-corrected chi connectivity index (χ4v) is 3.65. The molecule has 3 atom stereocenters. The molecule has 1 aliphatic carbocycles. The Hall–Kier alpha value is -1.52. The van der Waals surface area contributed by atoms with Crippen LogP contribution < -0.4 is 10.6 Å². The maximum Gasteiger partial charge on any atom is 0.315 e. The van der Waals surface area contributed by atoms with Crippen molar-refractivity contribution >= 4 is 11.9 Å². The Labute approximate surface area is 139 Å². The fraction of sp³-hybridized carbons (Fsp3) is 0.778. The predicted octanol–water partition coefficient (Wildman–Crippen LogP) is 2.82. The van der Waals surface area contributed by atoms with Gasteiger partial charge in [-0.15, -0.1) is 6.58 Å². The van der Waals surface area contributed by atoms with E-state index in [-0.39, 0.29) is 24.0 Å². The van der Waals surface area contributed by atoms with Gasteiger partial charge < -0.3 is 15.5 Å². The van der Waals surface area contributed by atoms with Crippen LogP contribution in [0.25, 0.3) is 0 Å². The molecule has 2 fully saturated rings. The van der Waals surface area contributed by atoms with Crippen LogP contribution in [-0.4, -0.2) is 42.0 Å². The normalized spacial score (nSPS) is 25.7. The number of likely N-dealkylation sites (tertiary alicyclic amines) is 1. The van der Waals surface area contributed by atoms with Crippen LogP contribution in [0.4, 0.5) is 4.79 Å². The molecule has 2 N–H and O–H groups in total. The van der Waals surface area contributed by atoms with E-state index in [1.165, 1.54) is 6.42 Å². The molecule has 3 amide bonds. The molecule has 1 aliphatic heterocycles. The van der Waals surface area contributed by atoms with Gasteiger partial charge in [-0.3, -0.25) is 4.79 Å². The van der Waals surface area contributed by atoms with E-state index in [1.54, 1.807) is 0 Å². The van der Waals surface area contributed by atoms with Crippen LogP contribution in [0.1, 0.15) is 58.3 Å². The number of rotatable bonds is 6. The fourth-order valence-electron chi connectivity index (χ4n) is 3.65. The van der Waals surface area contributed by atoms with Crippen molar-refractivity contribution < 1.29 is 9.59 Å². The molecule has 23 heavy (non-hydrogen) atoms. The van der Waals surface area contributed by atoms with Crippen molar-refractivity contribution in [2.75, 3.05) is 13.1 Å². The molecular formula is C18H31N3O2. The molecule has 0 bridgehead atoms. The number of carbonyl (C=O) groups is 2. The number of hydrogen-bond donors (Lipinski definition) is 2. The summed E-state index contributed by atoms with van der Waals surface area (Å²) in [5.74, 6) is 0.390. The number of hydrogen-bond acceptors (Lipinski definition) is 2. The van der Waals surface area contributed by atoms with Crippen molar-refractivity contribution in [3.05, 3.63) is 12.7 Å². The van der Waals surface area contributed by atoms with Gasteiger partial charge in [0.05, 0.1) is 0 Å². The second-order valence-electron chi connectivity index (χ2n) is 6.84. The van der Waals surface area contributed by atoms with Gasteiger partial charge in [-0.25, -0.2) is 4.79 Å². The van der Waals surface area contributed by atoms with E-state index in [9.17, 15) is 9.59 Å². The predicted molar refractivity (Wildman–Crippen MR) is 92.1 cm³/mol. The van der Waals surface area contributed by atoms with Gasteiger partial charge in [-0.1, -0.05) is 13.0 Å². The van der Waals surface area contributed by atoms with Crippen molar-refractivity contribution in [3.63, 3.8) is 0 Å². The Bertz CT molecular complexity index is 418. The number of piperidine rings is 1. The summed E-state index contributed by atoms with van der Waals surface area (Å²) in [5.41, 5.74) is 0. The lowest BCUT2D eigenvalue weighted by atomic mass is 10.0. The van der Waals surface area contributed by atoms with Gasteiger partial charge in [0.2, 0.25) is 5.91 Å². The topological polar surface area (TPSA) is 61.4 Å². The summed E-state index contributed by atoms with van der Waals surface area (Å²) in [7, 11) is 0. The molecule has 0 aromatic carbocycles. The third-order valence-electron chi connectivity index (χ3n) is 5.06. The van der Waals surface area contributed by atoms with Gasteiger partial charge >= 0.3 is 6.03 Å². The first-order chi connectivity index (χ1) is 11.1. The smallest absolute Gasteiger partial charge is 0.315 e. The van der Waals surface area contributed by atoms with Crippen molar-refractivity contribution in [2.45, 2.75) is 70.4 Å². The molecule has 2 aliphatic rings. The summed E-state index contributed by atoms with van der Waals surface area (Å²) in [4.78, 5) is 26.6. The van der Waals surface area contributed by atoms with Crippen molar-refractivity contribution in [1.29, 1.82) is 0 Å². The summed E-state index contributed by atoms with van der Waals surface area (Å²) in [5, 5.41) is 6.02. The van der Waals surface area contributed by atoms with Gasteiger partial charge in [0.1, 0.15) is 0 Å². The van der Waals surface area contributed by atoms with Gasteiger partial charge in [-0.2, -0.15) is 0 Å². The molecule has 1 saturated heterocycles. The molecule has 0 aromatic heterocycles. The van der Waals surface area contributed by atoms with Gasteiger partial charge in [0, 0.05) is 31.1 Å². The van der Waals surface area contributed by atoms with Crippen LogP contribution in [0.15, 0.2) is 12.7 Å². The molecule has 0 aromatic rings. The van der Waals surface area contributed by atoms with Gasteiger partial charge in [-0.05, 0) is 51.4 Å². The van der Waals surface area contributed by atoms with E-state index in [0.29, 0.717) is 5.91 Å². The quantitative estimate of drug-likeness (QED) is 0.739. The highest BCUT2D eigenvalue weighted by atomic mass is 16.2. The lowest BCUT2D eigenvalue weighted by Crippen LogP contribution is -2.45. The Morgan fingerprint density at radius 3 is 2.65 bits per heavy atom. The number of urea groups is 1. The second kappa shape index (κ2) is 8.94. The molecule has 0 spiro atoms. The monoisotopic (exact) mass is 321 g/mol. The van der Waals surface area contributed by atoms with Crippen molar-refractivity contribution in [1.82, 2.24) is 15.5 Å². The minimum Gasteiger partial charge on any atom is -0.342 e. The first-order valence-electron chi connectivity index (χ1n) is 9.10. The van der Waals surface area contributed by atoms with Crippen molar-refractivity contribution in [2.24, 2.45) is 5.92 Å². The minimum absolute atomic E-state index is 0.0912. The van der Waals surface area contributed by atoms with Gasteiger partial charge in [0.25, 0.3) is 0 Å². The standard InChI is InChI=1S/C18H31N3O2/c1-3-8-15(4-2)19-18(23)20-16-10-9-14(13-16)17(22)21-11-6-5-7-12-21/h3,14-16H,1,4-13H2,2H3,(H2,19,20,23)/t14-,15-,16+/m1/s1. The van der Waals surface area contributed by atoms with Crippen LogP contribution in [0.3, 0.4) is 0 Å². The molecule has 2 rings (SSSR count). The molecule has 5 heteroatoms. The summed E-state index contributed by atoms with van der Waals surface area (Å²) < 4.78 is 0. The highest BCUT2D eigenvalue weighted by Crippen LogP contribution is 2.28. The maximum atomic E-state index is 12.5. The summed E-state index contributed by atoms with van der Waals surface area (Å²) >= 11 is 0. The molecule has 0 unspecified atom stereocenters. The Kier molecular flexibility index (Phi) is 6.93. The van der Waals surface area contributed by atoms with Crippen LogP contribution in [0.5, 0.6) is 0 Å². The number of nitrogens with zero attached hydrogens (tertiary/aromatic N) is 1. The average molecular weight is 321 g/mol. The lowest BCUT2D eigenvalue weighted by molar-refractivity contribution is -0.136. The van der Waals surface area contributed by atoms with E-state index in [1.807, 2.05) is 11.0 Å². The van der Waals surface area contributed by atoms with E-state index in [2.05, 4.69) is 24.1 Å². The Morgan fingerprint density at radius 2 is 2.00 bits per heavy atom. The summed E-state index contributed by atoms with van der Waals surface area (Å²) in [6, 6.07) is 0.143. The maximum absolute atomic E-state index is 12.5. The van der Waals surface area contributed by atoms with Crippen LogP contribution >= 0.6 is 0 Å². The first-order valence-corrected chi connectivity index (χ1v) is 9.10. The highest BCUT2D eigenvalue weighted by Gasteiger charge is 2.33. The number of amides is 3. The second-order valence-corrected chi connectivity index (χ2v) is 6.84. The van der Waals surface area contributed by atoms with Gasteiger partial charge in [0.15, 0.2) is 0 Å². The number of carbonyl (C=O) groups excluding carboxylic acids is 2. The van der Waals surface area contributed by atoms with Crippen LogP contribution in [0.2, 0.25) is 0 Å². The molecule has 1 heterocycles. The third kappa shape index (κ3) is 5.26. The van der Waals surface area contributed by atoms with E-state index >= 15 is 0 Å². The molecule has 130 valence electrons. The average Bonchev–Trinajstić information content (AvgIpc) is 3.02. The van der Waals surface area contributed by atoms with Crippen LogP contribution in [-0.2, 0) is 4.79 Å². The highest BCUT2D eigenvalue weighted by molar-refractivity contribution is 5.80. The molecule has 5 nitrogen and oxygen atoms in total. The minimum atomic E-state index is -0.116. The largest absolute Gasteiger partial charge is 0.342 e. The van der Waals surface area contributed by atoms with E-state index < -0.39 is 0 Å². The summed E-state index contributed by atoms with van der Waals surface area (Å²) in [6.07, 6.45) is 9.57. The van der Waals surface area contributed by atoms with Crippen LogP contribution in [0, 0.1) is 5.92 Å². The Morgan fingerprint density at radius 1 is 1.26 bits per heavy atom. The summed E-state index contributed by atoms with van der Waals surface area (Å²) in [6.45, 7) is 7.59. The van der Waals surface area contributed by atoms with E-state index in [0.717, 1.165) is 58.0 Å². The number of nitrogens with one attached hydrogen (secondary N) is 2. The zero-order valence-electron chi connectivity index (χ0n) is 14.4. The zero-order chi connectivity index (χ0) is 16.7. The van der Waals surface area contributed by atoms with Crippen molar-refractivity contribution in [3.8, 4) is 0 Å². The molecule has 1 saturated carbocycles.